The zero-order valence-electron chi connectivity index (χ0n) is 22.0. The number of carboxylic acids is 4. The van der Waals surface area contributed by atoms with Gasteiger partial charge in [0.2, 0.25) is 5.91 Å². The van der Waals surface area contributed by atoms with Gasteiger partial charge in [0.15, 0.2) is 0 Å². The van der Waals surface area contributed by atoms with Crippen molar-refractivity contribution in [3.8, 4) is 0 Å². The summed E-state index contributed by atoms with van der Waals surface area (Å²) in [5, 5.41) is 40.3. The molecule has 1 atom stereocenters. The van der Waals surface area contributed by atoms with Crippen LogP contribution in [-0.4, -0.2) is 168 Å². The number of aliphatic carboxylic acids is 4. The molecule has 1 heterocycles. The largest absolute Gasteiger partial charge is 0.480 e. The minimum absolute atomic E-state index is 0.00991. The Morgan fingerprint density at radius 1 is 0.711 bits per heavy atom. The Morgan fingerprint density at radius 3 is 1.39 bits per heavy atom. The minimum Gasteiger partial charge on any atom is -0.480 e. The number of hydrogen-bond acceptors (Lipinski definition) is 11. The van der Waals surface area contributed by atoms with Gasteiger partial charge in [-0.25, -0.2) is 0 Å². The van der Waals surface area contributed by atoms with Crippen LogP contribution in [-0.2, 0) is 24.0 Å². The lowest BCUT2D eigenvalue weighted by atomic mass is 10.1. The van der Waals surface area contributed by atoms with Gasteiger partial charge in [-0.2, -0.15) is 0 Å². The average molecular weight is 550 g/mol. The van der Waals surface area contributed by atoms with Crippen LogP contribution in [0.15, 0.2) is 0 Å². The highest BCUT2D eigenvalue weighted by molar-refractivity contribution is 5.78. The van der Waals surface area contributed by atoms with Crippen LogP contribution in [0.3, 0.4) is 0 Å². The molecule has 1 aliphatic heterocycles. The lowest BCUT2D eigenvalue weighted by molar-refractivity contribution is -0.145. The summed E-state index contributed by atoms with van der Waals surface area (Å²) >= 11 is 0. The molecule has 1 fully saturated rings. The average Bonchev–Trinajstić information content (AvgIpc) is 2.84. The van der Waals surface area contributed by atoms with Crippen molar-refractivity contribution in [2.24, 2.45) is 11.5 Å². The van der Waals surface area contributed by atoms with E-state index in [9.17, 15) is 44.4 Å². The van der Waals surface area contributed by atoms with Crippen LogP contribution in [0, 0.1) is 0 Å². The number of nitrogens with zero attached hydrogens (tertiary/aromatic N) is 4. The molecule has 0 aromatic rings. The van der Waals surface area contributed by atoms with Gasteiger partial charge < -0.3 is 37.2 Å². The van der Waals surface area contributed by atoms with Crippen molar-refractivity contribution in [2.45, 2.75) is 18.9 Å². The third-order valence-corrected chi connectivity index (χ3v) is 5.79. The second kappa shape index (κ2) is 20.1. The predicted octanol–water partition coefficient (Wildman–Crippen LogP) is -3.65. The Balaban J connectivity index is 0.00000667. The van der Waals surface area contributed by atoms with Crippen LogP contribution in [0.2, 0.25) is 0 Å². The first kappa shape index (κ1) is 35.1. The van der Waals surface area contributed by atoms with Gasteiger partial charge in [0.1, 0.15) is 6.04 Å². The number of nitrogens with one attached hydrogen (secondary N) is 1. The monoisotopic (exact) mass is 549 g/mol. The number of hydrogen-bond donors (Lipinski definition) is 7. The molecule has 16 nitrogen and oxygen atoms in total. The van der Waals surface area contributed by atoms with E-state index >= 15 is 0 Å². The Morgan fingerprint density at radius 2 is 1.08 bits per heavy atom. The van der Waals surface area contributed by atoms with Gasteiger partial charge in [-0.1, -0.05) is 0 Å². The fraction of sp³-hybridized carbons (Fsp3) is 0.773. The zero-order chi connectivity index (χ0) is 29.1. The molecule has 1 rings (SSSR count). The SMILES string of the molecule is CN.NCCNC(=O)CCC(C(=O)O)N1CCN(CC(=O)O)CCN(CC(=O)O)CCN(CC(=O)O)CC1. The van der Waals surface area contributed by atoms with Crippen molar-refractivity contribution in [3.05, 3.63) is 0 Å². The summed E-state index contributed by atoms with van der Waals surface area (Å²) < 4.78 is 0. The van der Waals surface area contributed by atoms with Crippen molar-refractivity contribution in [3.63, 3.8) is 0 Å². The van der Waals surface area contributed by atoms with Crippen molar-refractivity contribution in [1.29, 1.82) is 0 Å². The van der Waals surface area contributed by atoms with Gasteiger partial charge in [-0.05, 0) is 13.5 Å². The summed E-state index contributed by atoms with van der Waals surface area (Å²) in [6.45, 7) is 1.27. The second-order valence-corrected chi connectivity index (χ2v) is 8.58. The van der Waals surface area contributed by atoms with Crippen LogP contribution in [0.1, 0.15) is 12.8 Å². The molecular formula is C22H43N7O9. The molecule has 0 aromatic carbocycles. The fourth-order valence-electron chi connectivity index (χ4n) is 3.94. The molecule has 220 valence electrons. The van der Waals surface area contributed by atoms with Gasteiger partial charge in [0.25, 0.3) is 0 Å². The molecule has 0 bridgehead atoms. The quantitative estimate of drug-likeness (QED) is 0.117. The van der Waals surface area contributed by atoms with E-state index in [0.29, 0.717) is 0 Å². The van der Waals surface area contributed by atoms with Crippen molar-refractivity contribution >= 4 is 29.8 Å². The van der Waals surface area contributed by atoms with Gasteiger partial charge in [-0.3, -0.25) is 43.6 Å². The second-order valence-electron chi connectivity index (χ2n) is 8.58. The first-order valence-electron chi connectivity index (χ1n) is 12.4. The molecular weight excluding hydrogens is 506 g/mol. The molecule has 0 spiro atoms. The van der Waals surface area contributed by atoms with Crippen LogP contribution in [0.25, 0.3) is 0 Å². The fourth-order valence-corrected chi connectivity index (χ4v) is 3.94. The maximum atomic E-state index is 12.1. The minimum atomic E-state index is -1.14. The summed E-state index contributed by atoms with van der Waals surface area (Å²) in [6, 6.07) is -1.04. The van der Waals surface area contributed by atoms with E-state index in [0.717, 1.165) is 0 Å². The predicted molar refractivity (Wildman–Crippen MR) is 137 cm³/mol. The molecule has 1 unspecified atom stereocenters. The van der Waals surface area contributed by atoms with Gasteiger partial charge >= 0.3 is 23.9 Å². The molecule has 38 heavy (non-hydrogen) atoms. The van der Waals surface area contributed by atoms with Crippen molar-refractivity contribution < 1.29 is 44.4 Å². The standard InChI is InChI=1S/C21H38N6O9.CH5N/c22-3-4-23-17(28)2-1-16(21(35)36)27-11-9-25(14-19(31)32)7-5-24(13-18(29)30)6-8-26(10-12-27)15-20(33)34;1-2/h16H,1-15,22H2,(H,23,28)(H,29,30)(H,31,32)(H,33,34)(H,35,36);2H2,1H3. The number of amides is 1. The van der Waals surface area contributed by atoms with Crippen molar-refractivity contribution in [2.75, 3.05) is 92.1 Å². The molecule has 0 radical (unpaired) electrons. The number of carbonyl (C=O) groups is 5. The zero-order valence-corrected chi connectivity index (χ0v) is 22.0. The van der Waals surface area contributed by atoms with E-state index in [1.54, 1.807) is 19.6 Å². The van der Waals surface area contributed by atoms with E-state index in [1.165, 1.54) is 7.05 Å². The highest BCUT2D eigenvalue weighted by Crippen LogP contribution is 2.10. The summed E-state index contributed by atoms with van der Waals surface area (Å²) in [5.41, 5.74) is 9.87. The molecule has 0 aliphatic carbocycles. The molecule has 1 aliphatic rings. The van der Waals surface area contributed by atoms with Crippen LogP contribution >= 0.6 is 0 Å². The molecule has 16 heteroatoms. The van der Waals surface area contributed by atoms with Gasteiger partial charge in [0, 0.05) is 71.9 Å². The van der Waals surface area contributed by atoms with Crippen LogP contribution < -0.4 is 16.8 Å². The maximum Gasteiger partial charge on any atom is 0.320 e. The Labute approximate surface area is 222 Å². The first-order chi connectivity index (χ1) is 18.0. The van der Waals surface area contributed by atoms with E-state index in [1.807, 2.05) is 0 Å². The van der Waals surface area contributed by atoms with E-state index in [-0.39, 0.29) is 104 Å². The number of carboxylic acid groups (broad SMARTS) is 4. The van der Waals surface area contributed by atoms with Gasteiger partial charge in [-0.15, -0.1) is 0 Å². The summed E-state index contributed by atoms with van der Waals surface area (Å²) in [6.07, 6.45) is -0.0364. The van der Waals surface area contributed by atoms with E-state index < -0.39 is 29.9 Å². The Kier molecular flexibility index (Phi) is 18.6. The van der Waals surface area contributed by atoms with E-state index in [4.69, 9.17) is 5.73 Å². The summed E-state index contributed by atoms with van der Waals surface area (Å²) in [7, 11) is 1.50. The molecule has 0 saturated carbocycles. The van der Waals surface area contributed by atoms with Crippen molar-refractivity contribution in [1.82, 2.24) is 24.9 Å². The summed E-state index contributed by atoms with van der Waals surface area (Å²) in [5.74, 6) is -4.67. The third kappa shape index (κ3) is 16.1. The molecule has 0 aromatic heterocycles. The first-order valence-corrected chi connectivity index (χ1v) is 12.4. The Hall–Kier alpha value is -2.89. The normalized spacial score (nSPS) is 17.7. The summed E-state index contributed by atoms with van der Waals surface area (Å²) in [4.78, 5) is 64.5. The van der Waals surface area contributed by atoms with Crippen LogP contribution in [0.4, 0.5) is 0 Å². The lowest BCUT2D eigenvalue weighted by Crippen LogP contribution is -2.52. The number of nitrogens with two attached hydrogens (primary N) is 2. The lowest BCUT2D eigenvalue weighted by Gasteiger charge is -2.35. The third-order valence-electron chi connectivity index (χ3n) is 5.79. The number of rotatable bonds is 13. The maximum absolute atomic E-state index is 12.1. The topological polar surface area (TPSA) is 243 Å². The highest BCUT2D eigenvalue weighted by Gasteiger charge is 2.28. The van der Waals surface area contributed by atoms with Gasteiger partial charge in [0.05, 0.1) is 19.6 Å². The smallest absolute Gasteiger partial charge is 0.320 e. The number of carbonyl (C=O) groups excluding carboxylic acids is 1. The molecule has 9 N–H and O–H groups in total. The van der Waals surface area contributed by atoms with E-state index in [2.05, 4.69) is 11.1 Å². The Bertz CT molecular complexity index is 725. The highest BCUT2D eigenvalue weighted by atomic mass is 16.4. The molecule has 1 saturated heterocycles. The van der Waals surface area contributed by atoms with Crippen LogP contribution in [0.5, 0.6) is 0 Å². The molecule has 1 amide bonds.